The smallest absolute Gasteiger partial charge is 0.325 e. The minimum Gasteiger partial charge on any atom is -0.348 e. The van der Waals surface area contributed by atoms with Gasteiger partial charge in [0.15, 0.2) is 0 Å². The number of benzene rings is 1. The lowest BCUT2D eigenvalue weighted by molar-refractivity contribution is -0.132. The van der Waals surface area contributed by atoms with Gasteiger partial charge in [0.25, 0.3) is 5.91 Å². The normalized spacial score (nSPS) is 18.7. The molecule has 0 spiro atoms. The third kappa shape index (κ3) is 4.31. The van der Waals surface area contributed by atoms with Crippen molar-refractivity contribution < 1.29 is 18.8 Å². The van der Waals surface area contributed by atoms with Crippen molar-refractivity contribution in [3.8, 4) is 0 Å². The summed E-state index contributed by atoms with van der Waals surface area (Å²) in [5.74, 6) is -0.918. The van der Waals surface area contributed by atoms with Gasteiger partial charge in [-0.1, -0.05) is 26.0 Å². The Bertz CT molecular complexity index is 630. The number of halogens is 1. The van der Waals surface area contributed by atoms with Crippen LogP contribution in [0.25, 0.3) is 0 Å². The van der Waals surface area contributed by atoms with Crippen molar-refractivity contribution in [3.63, 3.8) is 0 Å². The van der Waals surface area contributed by atoms with Crippen LogP contribution < -0.4 is 10.6 Å². The Balaban J connectivity index is 1.93. The lowest BCUT2D eigenvalue weighted by Crippen LogP contribution is -2.41. The summed E-state index contributed by atoms with van der Waals surface area (Å²) in [7, 11) is 0. The average Bonchev–Trinajstić information content (AvgIpc) is 2.74. The fraction of sp³-hybridized carbons (Fsp3) is 0.471. The van der Waals surface area contributed by atoms with E-state index in [-0.39, 0.29) is 30.2 Å². The number of carbonyl (C=O) groups is 3. The summed E-state index contributed by atoms with van der Waals surface area (Å²) < 4.78 is 12.9. The van der Waals surface area contributed by atoms with Crippen molar-refractivity contribution in [2.24, 2.45) is 5.92 Å². The van der Waals surface area contributed by atoms with Crippen molar-refractivity contribution >= 4 is 17.8 Å². The molecule has 2 atom stereocenters. The highest BCUT2D eigenvalue weighted by molar-refractivity contribution is 6.06. The Morgan fingerprint density at radius 1 is 1.25 bits per heavy atom. The number of amides is 4. The lowest BCUT2D eigenvalue weighted by atomic mass is 10.0. The first-order chi connectivity index (χ1) is 11.3. The molecular formula is C17H22FN3O3. The average molecular weight is 335 g/mol. The summed E-state index contributed by atoms with van der Waals surface area (Å²) in [5, 5.41) is 5.30. The van der Waals surface area contributed by atoms with Crippen LogP contribution in [0.5, 0.6) is 0 Å². The molecule has 1 aromatic rings. The van der Waals surface area contributed by atoms with Crippen LogP contribution in [0.15, 0.2) is 24.3 Å². The maximum atomic E-state index is 12.9. The summed E-state index contributed by atoms with van der Waals surface area (Å²) in [5.41, 5.74) is 0.736. The first kappa shape index (κ1) is 17.9. The molecule has 0 aromatic heterocycles. The second kappa shape index (κ2) is 7.42. The highest BCUT2D eigenvalue weighted by atomic mass is 19.1. The standard InChI is InChI=1S/C17H22FN3O3/c1-10(2)8-14-16(23)21(17(24)20-14)9-15(22)19-11(3)12-4-6-13(18)7-5-12/h4-7,10-11,14H,8-9H2,1-3H3,(H,19,22)(H,20,24). The second-order valence-corrected chi connectivity index (χ2v) is 6.40. The van der Waals surface area contributed by atoms with Gasteiger partial charge in [0.2, 0.25) is 5.91 Å². The van der Waals surface area contributed by atoms with Crippen LogP contribution >= 0.6 is 0 Å². The number of urea groups is 1. The number of hydrogen-bond donors (Lipinski definition) is 2. The molecule has 1 fully saturated rings. The maximum absolute atomic E-state index is 12.9. The maximum Gasteiger partial charge on any atom is 0.325 e. The van der Waals surface area contributed by atoms with E-state index in [9.17, 15) is 18.8 Å². The summed E-state index contributed by atoms with van der Waals surface area (Å²) in [6.45, 7) is 5.34. The van der Waals surface area contributed by atoms with Crippen LogP contribution in [0.4, 0.5) is 9.18 Å². The van der Waals surface area contributed by atoms with Gasteiger partial charge in [-0.2, -0.15) is 0 Å². The molecule has 1 saturated heterocycles. The molecular weight excluding hydrogens is 313 g/mol. The Kier molecular flexibility index (Phi) is 5.54. The third-order valence-electron chi connectivity index (χ3n) is 3.86. The number of nitrogens with zero attached hydrogens (tertiary/aromatic N) is 1. The number of carbonyl (C=O) groups excluding carboxylic acids is 3. The van der Waals surface area contributed by atoms with Crippen LogP contribution in [0.2, 0.25) is 0 Å². The molecule has 0 radical (unpaired) electrons. The SMILES string of the molecule is CC(C)CC1NC(=O)N(CC(=O)NC(C)c2ccc(F)cc2)C1=O. The van der Waals surface area contributed by atoms with Gasteiger partial charge < -0.3 is 10.6 Å². The highest BCUT2D eigenvalue weighted by Gasteiger charge is 2.39. The van der Waals surface area contributed by atoms with E-state index in [1.54, 1.807) is 19.1 Å². The third-order valence-corrected chi connectivity index (χ3v) is 3.86. The molecule has 0 bridgehead atoms. The molecule has 2 unspecified atom stereocenters. The second-order valence-electron chi connectivity index (χ2n) is 6.40. The molecule has 24 heavy (non-hydrogen) atoms. The van der Waals surface area contributed by atoms with Gasteiger partial charge in [0.05, 0.1) is 6.04 Å². The minimum absolute atomic E-state index is 0.256. The highest BCUT2D eigenvalue weighted by Crippen LogP contribution is 2.15. The first-order valence-electron chi connectivity index (χ1n) is 7.94. The molecule has 6 nitrogen and oxygen atoms in total. The number of rotatable bonds is 6. The van der Waals surface area contributed by atoms with Gasteiger partial charge in [-0.25, -0.2) is 9.18 Å². The van der Waals surface area contributed by atoms with E-state index >= 15 is 0 Å². The molecule has 130 valence electrons. The molecule has 1 aliphatic rings. The van der Waals surface area contributed by atoms with Gasteiger partial charge in [0, 0.05) is 0 Å². The molecule has 7 heteroatoms. The zero-order valence-corrected chi connectivity index (χ0v) is 14.0. The van der Waals surface area contributed by atoms with E-state index in [0.29, 0.717) is 6.42 Å². The van der Waals surface area contributed by atoms with E-state index in [4.69, 9.17) is 0 Å². The molecule has 4 amide bonds. The Hall–Kier alpha value is -2.44. The largest absolute Gasteiger partial charge is 0.348 e. The van der Waals surface area contributed by atoms with Crippen molar-refractivity contribution in [2.75, 3.05) is 6.54 Å². The van der Waals surface area contributed by atoms with Gasteiger partial charge >= 0.3 is 6.03 Å². The number of hydrogen-bond acceptors (Lipinski definition) is 3. The Labute approximate surface area is 140 Å². The van der Waals surface area contributed by atoms with E-state index in [2.05, 4.69) is 10.6 Å². The predicted octanol–water partition coefficient (Wildman–Crippen LogP) is 1.97. The summed E-state index contributed by atoms with van der Waals surface area (Å²) >= 11 is 0. The van der Waals surface area contributed by atoms with Gasteiger partial charge in [-0.05, 0) is 37.0 Å². The van der Waals surface area contributed by atoms with Crippen molar-refractivity contribution in [1.82, 2.24) is 15.5 Å². The quantitative estimate of drug-likeness (QED) is 0.780. The van der Waals surface area contributed by atoms with Crippen LogP contribution in [0.3, 0.4) is 0 Å². The molecule has 2 N–H and O–H groups in total. The van der Waals surface area contributed by atoms with Gasteiger partial charge in [0.1, 0.15) is 18.4 Å². The zero-order valence-electron chi connectivity index (χ0n) is 14.0. The monoisotopic (exact) mass is 335 g/mol. The van der Waals surface area contributed by atoms with E-state index in [1.165, 1.54) is 12.1 Å². The molecule has 1 aromatic carbocycles. The number of nitrogens with one attached hydrogen (secondary N) is 2. The topological polar surface area (TPSA) is 78.5 Å². The summed E-state index contributed by atoms with van der Waals surface area (Å²) in [6.07, 6.45) is 0.536. The van der Waals surface area contributed by atoms with E-state index in [1.807, 2.05) is 13.8 Å². The molecule has 0 aliphatic carbocycles. The lowest BCUT2D eigenvalue weighted by Gasteiger charge is -2.17. The molecule has 2 rings (SSSR count). The minimum atomic E-state index is -0.570. The molecule has 0 saturated carbocycles. The van der Waals surface area contributed by atoms with Gasteiger partial charge in [-0.3, -0.25) is 14.5 Å². The van der Waals surface area contributed by atoms with Gasteiger partial charge in [-0.15, -0.1) is 0 Å². The fourth-order valence-corrected chi connectivity index (χ4v) is 2.62. The van der Waals surface area contributed by atoms with Crippen LogP contribution in [-0.4, -0.2) is 35.3 Å². The molecule has 1 aliphatic heterocycles. The van der Waals surface area contributed by atoms with E-state index < -0.39 is 18.0 Å². The number of imide groups is 1. The van der Waals surface area contributed by atoms with Crippen molar-refractivity contribution in [1.29, 1.82) is 0 Å². The summed E-state index contributed by atoms with van der Waals surface area (Å²) in [4.78, 5) is 37.1. The van der Waals surface area contributed by atoms with Crippen molar-refractivity contribution in [2.45, 2.75) is 39.3 Å². The fourth-order valence-electron chi connectivity index (χ4n) is 2.62. The van der Waals surface area contributed by atoms with E-state index in [0.717, 1.165) is 10.5 Å². The Morgan fingerprint density at radius 2 is 1.88 bits per heavy atom. The Morgan fingerprint density at radius 3 is 2.46 bits per heavy atom. The predicted molar refractivity (Wildman–Crippen MR) is 86.4 cm³/mol. The van der Waals surface area contributed by atoms with Crippen molar-refractivity contribution in [3.05, 3.63) is 35.6 Å². The molecule has 1 heterocycles. The first-order valence-corrected chi connectivity index (χ1v) is 7.94. The van der Waals surface area contributed by atoms with Crippen LogP contribution in [-0.2, 0) is 9.59 Å². The van der Waals surface area contributed by atoms with Crippen LogP contribution in [0, 0.1) is 11.7 Å². The van der Waals surface area contributed by atoms with Crippen LogP contribution in [0.1, 0.15) is 38.8 Å². The zero-order chi connectivity index (χ0) is 17.9. The summed E-state index contributed by atoms with van der Waals surface area (Å²) in [6, 6.07) is 4.30.